The lowest BCUT2D eigenvalue weighted by Gasteiger charge is -2.30. The smallest absolute Gasteiger partial charge is 0.135 e. The third kappa shape index (κ3) is 5.36. The van der Waals surface area contributed by atoms with Crippen molar-refractivity contribution in [1.29, 1.82) is 0 Å². The van der Waals surface area contributed by atoms with Crippen LogP contribution in [-0.4, -0.2) is 4.57 Å². The second-order valence-electron chi connectivity index (χ2n) is 15.3. The highest BCUT2D eigenvalue weighted by atomic mass is 16.3. The van der Waals surface area contributed by atoms with Crippen LogP contribution in [0, 0.1) is 0 Å². The topological polar surface area (TPSA) is 21.3 Å². The minimum atomic E-state index is 0.899. The van der Waals surface area contributed by atoms with Crippen LogP contribution in [0.5, 0.6) is 0 Å². The van der Waals surface area contributed by atoms with Crippen LogP contribution < -0.4 is 4.90 Å². The van der Waals surface area contributed by atoms with E-state index in [0.717, 1.165) is 55.8 Å². The van der Waals surface area contributed by atoms with Crippen LogP contribution >= 0.6 is 0 Å². The van der Waals surface area contributed by atoms with Crippen molar-refractivity contribution in [3.63, 3.8) is 0 Å². The Balaban J connectivity index is 0.990. The van der Waals surface area contributed by atoms with Gasteiger partial charge in [0.25, 0.3) is 0 Å². The third-order valence-corrected chi connectivity index (χ3v) is 12.0. The van der Waals surface area contributed by atoms with Crippen LogP contribution in [0.15, 0.2) is 223 Å². The second kappa shape index (κ2) is 13.4. The molecular formula is C56H36N2O. The first kappa shape index (κ1) is 33.3. The molecule has 0 aliphatic heterocycles. The summed E-state index contributed by atoms with van der Waals surface area (Å²) >= 11 is 0. The average molecular weight is 753 g/mol. The summed E-state index contributed by atoms with van der Waals surface area (Å²) in [6.45, 7) is 0. The van der Waals surface area contributed by atoms with Gasteiger partial charge in [-0.1, -0.05) is 164 Å². The van der Waals surface area contributed by atoms with E-state index < -0.39 is 0 Å². The summed E-state index contributed by atoms with van der Waals surface area (Å²) in [6, 6.07) is 78.9. The van der Waals surface area contributed by atoms with E-state index in [1.807, 2.05) is 12.1 Å². The van der Waals surface area contributed by atoms with Gasteiger partial charge < -0.3 is 13.9 Å². The quantitative estimate of drug-likeness (QED) is 0.169. The standard InChI is InChI=1S/C56H36N2O/c1-3-17-43-38(13-1)15-11-24-51(43)58(52-25-12-16-39-14-2-4-18-44(39)52)50-22-8-5-19-45(50)40-29-27-37(28-30-40)41-31-33-47-46-20-6-9-23-53(46)57(54(47)35-41)42-32-34-56-49(36-42)48-21-7-10-26-55(48)59-56/h1-36H. The first-order valence-electron chi connectivity index (χ1n) is 20.2. The Bertz CT molecular complexity index is 3480. The molecule has 0 unspecified atom stereocenters. The van der Waals surface area contributed by atoms with E-state index in [1.54, 1.807) is 0 Å². The molecule has 3 heteroatoms. The highest BCUT2D eigenvalue weighted by Gasteiger charge is 2.21. The molecule has 0 aliphatic carbocycles. The maximum absolute atomic E-state index is 6.21. The highest BCUT2D eigenvalue weighted by Crippen LogP contribution is 2.46. The van der Waals surface area contributed by atoms with Crippen molar-refractivity contribution in [2.45, 2.75) is 0 Å². The average Bonchev–Trinajstić information content (AvgIpc) is 3.84. The van der Waals surface area contributed by atoms with Crippen LogP contribution in [0.25, 0.3) is 93.2 Å². The van der Waals surface area contributed by atoms with Crippen molar-refractivity contribution < 1.29 is 4.42 Å². The number of anilines is 3. The lowest BCUT2D eigenvalue weighted by atomic mass is 9.97. The molecule has 0 N–H and O–H groups in total. The molecule has 0 radical (unpaired) electrons. The monoisotopic (exact) mass is 752 g/mol. The van der Waals surface area contributed by atoms with E-state index in [9.17, 15) is 0 Å². The van der Waals surface area contributed by atoms with E-state index >= 15 is 0 Å². The highest BCUT2D eigenvalue weighted by molar-refractivity contribution is 6.12. The normalized spacial score (nSPS) is 11.7. The predicted octanol–water partition coefficient (Wildman–Crippen LogP) is 15.8. The molecule has 3 nitrogen and oxygen atoms in total. The molecular weight excluding hydrogens is 717 g/mol. The number of hydrogen-bond donors (Lipinski definition) is 0. The van der Waals surface area contributed by atoms with E-state index in [0.29, 0.717) is 0 Å². The first-order chi connectivity index (χ1) is 29.3. The molecule has 12 rings (SSSR count). The Labute approximate surface area is 341 Å². The number of benzene rings is 10. The Morgan fingerprint density at radius 2 is 0.864 bits per heavy atom. The van der Waals surface area contributed by atoms with Crippen LogP contribution in [-0.2, 0) is 0 Å². The molecule has 0 saturated heterocycles. The van der Waals surface area contributed by atoms with Crippen molar-refractivity contribution in [3.8, 4) is 27.9 Å². The third-order valence-electron chi connectivity index (χ3n) is 12.0. The molecule has 0 fully saturated rings. The number of furan rings is 1. The first-order valence-corrected chi connectivity index (χ1v) is 20.2. The minimum absolute atomic E-state index is 0.899. The summed E-state index contributed by atoms with van der Waals surface area (Å²) in [4.78, 5) is 2.45. The molecule has 2 heterocycles. The fourth-order valence-electron chi connectivity index (χ4n) is 9.23. The van der Waals surface area contributed by atoms with Gasteiger partial charge in [0, 0.05) is 43.6 Å². The Morgan fingerprint density at radius 1 is 0.322 bits per heavy atom. The van der Waals surface area contributed by atoms with Gasteiger partial charge >= 0.3 is 0 Å². The molecule has 0 saturated carbocycles. The number of aromatic nitrogens is 1. The van der Waals surface area contributed by atoms with Gasteiger partial charge in [0.1, 0.15) is 11.2 Å². The maximum Gasteiger partial charge on any atom is 0.135 e. The van der Waals surface area contributed by atoms with Crippen LogP contribution in [0.4, 0.5) is 17.1 Å². The zero-order valence-corrected chi connectivity index (χ0v) is 32.1. The fraction of sp³-hybridized carbons (Fsp3) is 0. The fourth-order valence-corrected chi connectivity index (χ4v) is 9.23. The molecule has 0 spiro atoms. The SMILES string of the molecule is c1ccc(N(c2cccc3ccccc23)c2cccc3ccccc23)c(-c2ccc(-c3ccc4c5ccccc5n(-c5ccc6oc7ccccc7c6c5)c4c3)cc2)c1. The Morgan fingerprint density at radius 3 is 1.63 bits per heavy atom. The van der Waals surface area contributed by atoms with Gasteiger partial charge in [-0.25, -0.2) is 0 Å². The van der Waals surface area contributed by atoms with Gasteiger partial charge in [0.2, 0.25) is 0 Å². The van der Waals surface area contributed by atoms with E-state index in [2.05, 4.69) is 216 Å². The van der Waals surface area contributed by atoms with Crippen molar-refractivity contribution in [2.24, 2.45) is 0 Å². The predicted molar refractivity (Wildman–Crippen MR) is 249 cm³/mol. The molecule has 0 atom stereocenters. The molecule has 0 aliphatic rings. The van der Waals surface area contributed by atoms with Gasteiger partial charge in [0.15, 0.2) is 0 Å². The zero-order chi connectivity index (χ0) is 38.9. The summed E-state index contributed by atoms with van der Waals surface area (Å²) < 4.78 is 8.60. The number of rotatable bonds is 6. The van der Waals surface area contributed by atoms with Gasteiger partial charge in [-0.05, 0) is 82.1 Å². The van der Waals surface area contributed by atoms with Crippen LogP contribution in [0.1, 0.15) is 0 Å². The van der Waals surface area contributed by atoms with Gasteiger partial charge in [-0.15, -0.1) is 0 Å². The molecule has 12 aromatic rings. The van der Waals surface area contributed by atoms with Gasteiger partial charge in [-0.3, -0.25) is 0 Å². The minimum Gasteiger partial charge on any atom is -0.456 e. The summed E-state index contributed by atoms with van der Waals surface area (Å²) in [5.74, 6) is 0. The van der Waals surface area contributed by atoms with Crippen molar-refractivity contribution in [1.82, 2.24) is 4.57 Å². The second-order valence-corrected chi connectivity index (χ2v) is 15.3. The number of fused-ring (bicyclic) bond motifs is 8. The molecule has 0 amide bonds. The van der Waals surface area contributed by atoms with Gasteiger partial charge in [0.05, 0.1) is 28.1 Å². The Hall–Kier alpha value is -7.88. The molecule has 59 heavy (non-hydrogen) atoms. The molecule has 10 aromatic carbocycles. The maximum atomic E-state index is 6.21. The van der Waals surface area contributed by atoms with Crippen LogP contribution in [0.2, 0.25) is 0 Å². The van der Waals surface area contributed by atoms with E-state index in [1.165, 1.54) is 54.5 Å². The van der Waals surface area contributed by atoms with E-state index in [-0.39, 0.29) is 0 Å². The number of hydrogen-bond acceptors (Lipinski definition) is 2. The number of para-hydroxylation sites is 3. The molecule has 0 bridgehead atoms. The van der Waals surface area contributed by atoms with Crippen molar-refractivity contribution in [2.75, 3.05) is 4.90 Å². The number of nitrogens with zero attached hydrogens (tertiary/aromatic N) is 2. The largest absolute Gasteiger partial charge is 0.456 e. The van der Waals surface area contributed by atoms with Crippen molar-refractivity contribution >= 4 is 82.4 Å². The van der Waals surface area contributed by atoms with E-state index in [4.69, 9.17) is 4.42 Å². The molecule has 276 valence electrons. The lowest BCUT2D eigenvalue weighted by molar-refractivity contribution is 0.669. The van der Waals surface area contributed by atoms with Crippen molar-refractivity contribution in [3.05, 3.63) is 218 Å². The summed E-state index contributed by atoms with van der Waals surface area (Å²) in [5, 5.41) is 9.56. The summed E-state index contributed by atoms with van der Waals surface area (Å²) in [5.41, 5.74) is 13.4. The Kier molecular flexibility index (Phi) is 7.54. The van der Waals surface area contributed by atoms with Crippen LogP contribution in [0.3, 0.4) is 0 Å². The summed E-state index contributed by atoms with van der Waals surface area (Å²) in [7, 11) is 0. The lowest BCUT2D eigenvalue weighted by Crippen LogP contribution is -2.12. The van der Waals surface area contributed by atoms with Gasteiger partial charge in [-0.2, -0.15) is 0 Å². The molecule has 2 aromatic heterocycles. The summed E-state index contributed by atoms with van der Waals surface area (Å²) in [6.07, 6.45) is 0. The zero-order valence-electron chi connectivity index (χ0n) is 32.1.